The van der Waals surface area contributed by atoms with Crippen LogP contribution < -0.4 is 5.32 Å². The van der Waals surface area contributed by atoms with Crippen LogP contribution in [0.25, 0.3) is 0 Å². The summed E-state index contributed by atoms with van der Waals surface area (Å²) in [6.07, 6.45) is 4.15. The summed E-state index contributed by atoms with van der Waals surface area (Å²) in [5.41, 5.74) is 3.58. The molecule has 1 fully saturated rings. The maximum Gasteiger partial charge on any atom is 0.311 e. The predicted molar refractivity (Wildman–Crippen MR) is 132 cm³/mol. The van der Waals surface area contributed by atoms with Crippen molar-refractivity contribution >= 4 is 5.97 Å². The molecule has 0 amide bonds. The third kappa shape index (κ3) is 6.45. The van der Waals surface area contributed by atoms with Crippen LogP contribution >= 0.6 is 0 Å². The van der Waals surface area contributed by atoms with Gasteiger partial charge < -0.3 is 10.1 Å². The molecule has 1 aliphatic carbocycles. The van der Waals surface area contributed by atoms with E-state index in [-0.39, 0.29) is 24.0 Å². The van der Waals surface area contributed by atoms with Gasteiger partial charge in [0.25, 0.3) is 0 Å². The highest BCUT2D eigenvalue weighted by molar-refractivity contribution is 5.74. The molecule has 1 aliphatic rings. The highest BCUT2D eigenvalue weighted by atomic mass is 16.5. The average molecular weight is 436 g/mol. The fourth-order valence-corrected chi connectivity index (χ4v) is 5.20. The van der Waals surface area contributed by atoms with Crippen molar-refractivity contribution in [3.8, 4) is 0 Å². The second-order valence-corrected chi connectivity index (χ2v) is 10.1. The van der Waals surface area contributed by atoms with Crippen LogP contribution in [0.1, 0.15) is 76.1 Å². The lowest BCUT2D eigenvalue weighted by Crippen LogP contribution is -2.40. The Morgan fingerprint density at radius 3 is 2.50 bits per heavy atom. The monoisotopic (exact) mass is 435 g/mol. The summed E-state index contributed by atoms with van der Waals surface area (Å²) in [6, 6.07) is 18.8. The molecule has 2 aromatic carbocycles. The molecule has 2 aromatic rings. The maximum absolute atomic E-state index is 13.6. The molecule has 0 saturated heterocycles. The number of hydrogen-bond donors (Lipinski definition) is 1. The van der Waals surface area contributed by atoms with Gasteiger partial charge in [0.15, 0.2) is 0 Å². The average Bonchev–Trinajstić information content (AvgIpc) is 2.77. The van der Waals surface area contributed by atoms with E-state index in [0.29, 0.717) is 17.8 Å². The normalized spacial score (nSPS) is 23.0. The molecule has 0 aromatic heterocycles. The number of carbonyl (C=O) groups is 1. The van der Waals surface area contributed by atoms with Crippen LogP contribution in [0.5, 0.6) is 0 Å². The predicted octanol–water partition coefficient (Wildman–Crippen LogP) is 6.86. The molecule has 3 nitrogen and oxygen atoms in total. The van der Waals surface area contributed by atoms with Crippen LogP contribution in [0.2, 0.25) is 0 Å². The second kappa shape index (κ2) is 11.7. The summed E-state index contributed by atoms with van der Waals surface area (Å²) in [6.45, 7) is 11.7. The molecule has 3 heteroatoms. The Labute approximate surface area is 195 Å². The SMILES string of the molecule is CC[C@@H](C(=O)O[C@@H]1C[C@H](C)CC[C@H]1C(C)C)[C@@H](NCc1ccccc1)c1cccc(C)c1. The van der Waals surface area contributed by atoms with Crippen molar-refractivity contribution < 1.29 is 9.53 Å². The largest absolute Gasteiger partial charge is 0.462 e. The van der Waals surface area contributed by atoms with Crippen molar-refractivity contribution in [2.45, 2.75) is 79.0 Å². The summed E-state index contributed by atoms with van der Waals surface area (Å²) in [5, 5.41) is 3.69. The first-order valence-corrected chi connectivity index (χ1v) is 12.4. The second-order valence-electron chi connectivity index (χ2n) is 10.1. The Morgan fingerprint density at radius 2 is 1.84 bits per heavy atom. The third-order valence-corrected chi connectivity index (χ3v) is 7.14. The van der Waals surface area contributed by atoms with E-state index in [4.69, 9.17) is 4.74 Å². The summed E-state index contributed by atoms with van der Waals surface area (Å²) < 4.78 is 6.29. The lowest BCUT2D eigenvalue weighted by Gasteiger charge is -2.38. The zero-order valence-corrected chi connectivity index (χ0v) is 20.5. The van der Waals surface area contributed by atoms with Gasteiger partial charge in [0.05, 0.1) is 5.92 Å². The van der Waals surface area contributed by atoms with E-state index in [0.717, 1.165) is 31.4 Å². The van der Waals surface area contributed by atoms with Crippen molar-refractivity contribution in [3.63, 3.8) is 0 Å². The van der Waals surface area contributed by atoms with E-state index in [9.17, 15) is 4.79 Å². The fraction of sp³-hybridized carbons (Fsp3) is 0.552. The van der Waals surface area contributed by atoms with Crippen molar-refractivity contribution in [1.29, 1.82) is 0 Å². The number of rotatable bonds is 9. The lowest BCUT2D eigenvalue weighted by molar-refractivity contribution is -0.162. The standard InChI is InChI=1S/C29H41NO2/c1-6-25(29(31)32-27-18-22(5)15-16-26(27)20(2)3)28(24-14-10-11-21(4)17-24)30-19-23-12-8-7-9-13-23/h7-14,17,20,22,25-28,30H,6,15-16,18-19H2,1-5H3/t22-,25-,26+,27-,28+/m1/s1. The Kier molecular flexibility index (Phi) is 8.92. The van der Waals surface area contributed by atoms with E-state index in [1.807, 2.05) is 6.07 Å². The summed E-state index contributed by atoms with van der Waals surface area (Å²) >= 11 is 0. The highest BCUT2D eigenvalue weighted by Gasteiger charge is 2.36. The lowest BCUT2D eigenvalue weighted by atomic mass is 9.75. The summed E-state index contributed by atoms with van der Waals surface area (Å²) in [4.78, 5) is 13.6. The molecule has 0 aliphatic heterocycles. The van der Waals surface area contributed by atoms with Crippen molar-refractivity contribution in [2.24, 2.45) is 23.7 Å². The van der Waals surface area contributed by atoms with Crippen molar-refractivity contribution in [3.05, 3.63) is 71.3 Å². The van der Waals surface area contributed by atoms with Crippen LogP contribution in [0, 0.1) is 30.6 Å². The number of carbonyl (C=O) groups excluding carboxylic acids is 1. The van der Waals surface area contributed by atoms with Gasteiger partial charge in [-0.05, 0) is 55.1 Å². The zero-order chi connectivity index (χ0) is 23.1. The Bertz CT molecular complexity index is 847. The molecule has 0 radical (unpaired) electrons. The van der Waals surface area contributed by atoms with Gasteiger partial charge >= 0.3 is 5.97 Å². The van der Waals surface area contributed by atoms with E-state index in [2.05, 4.69) is 88.5 Å². The van der Waals surface area contributed by atoms with Gasteiger partial charge in [-0.2, -0.15) is 0 Å². The summed E-state index contributed by atoms with van der Waals surface area (Å²) in [7, 11) is 0. The Morgan fingerprint density at radius 1 is 1.09 bits per heavy atom. The highest BCUT2D eigenvalue weighted by Crippen LogP contribution is 2.37. The summed E-state index contributed by atoms with van der Waals surface area (Å²) in [5.74, 6) is 1.34. The van der Waals surface area contributed by atoms with Crippen LogP contribution in [-0.4, -0.2) is 12.1 Å². The third-order valence-electron chi connectivity index (χ3n) is 7.14. The van der Waals surface area contributed by atoms with Gasteiger partial charge in [-0.15, -0.1) is 0 Å². The zero-order valence-electron chi connectivity index (χ0n) is 20.5. The number of hydrogen-bond acceptors (Lipinski definition) is 3. The van der Waals surface area contributed by atoms with Crippen LogP contribution in [0.4, 0.5) is 0 Å². The first-order valence-electron chi connectivity index (χ1n) is 12.4. The quantitative estimate of drug-likeness (QED) is 0.437. The van der Waals surface area contributed by atoms with Crippen molar-refractivity contribution in [2.75, 3.05) is 0 Å². The maximum atomic E-state index is 13.6. The number of aryl methyl sites for hydroxylation is 1. The van der Waals surface area contributed by atoms with Gasteiger partial charge in [0, 0.05) is 12.6 Å². The molecule has 1 N–H and O–H groups in total. The Hall–Kier alpha value is -2.13. The molecule has 0 spiro atoms. The molecule has 1 saturated carbocycles. The molecular formula is C29H41NO2. The molecule has 0 bridgehead atoms. The molecule has 5 atom stereocenters. The number of ether oxygens (including phenoxy) is 1. The smallest absolute Gasteiger partial charge is 0.311 e. The number of esters is 1. The van der Waals surface area contributed by atoms with Gasteiger partial charge in [-0.3, -0.25) is 4.79 Å². The molecule has 0 unspecified atom stereocenters. The molecule has 3 rings (SSSR count). The van der Waals surface area contributed by atoms with E-state index >= 15 is 0 Å². The minimum atomic E-state index is -0.217. The van der Waals surface area contributed by atoms with Gasteiger partial charge in [0.2, 0.25) is 0 Å². The molecule has 0 heterocycles. The number of benzene rings is 2. The minimum absolute atomic E-state index is 0.0348. The van der Waals surface area contributed by atoms with E-state index < -0.39 is 0 Å². The first-order chi connectivity index (χ1) is 15.4. The van der Waals surface area contributed by atoms with Gasteiger partial charge in [-0.1, -0.05) is 94.3 Å². The Balaban J connectivity index is 1.81. The van der Waals surface area contributed by atoms with E-state index in [1.165, 1.54) is 17.5 Å². The molecule has 32 heavy (non-hydrogen) atoms. The molecular weight excluding hydrogens is 394 g/mol. The van der Waals surface area contributed by atoms with Crippen LogP contribution in [0.15, 0.2) is 54.6 Å². The topological polar surface area (TPSA) is 38.3 Å². The first kappa shape index (κ1) is 24.5. The molecule has 174 valence electrons. The fourth-order valence-electron chi connectivity index (χ4n) is 5.20. The van der Waals surface area contributed by atoms with E-state index in [1.54, 1.807) is 0 Å². The minimum Gasteiger partial charge on any atom is -0.462 e. The van der Waals surface area contributed by atoms with Crippen molar-refractivity contribution in [1.82, 2.24) is 5.32 Å². The van der Waals surface area contributed by atoms with Crippen LogP contribution in [-0.2, 0) is 16.1 Å². The van der Waals surface area contributed by atoms with Crippen LogP contribution in [0.3, 0.4) is 0 Å². The van der Waals surface area contributed by atoms with Gasteiger partial charge in [0.1, 0.15) is 6.10 Å². The van der Waals surface area contributed by atoms with Gasteiger partial charge in [-0.25, -0.2) is 0 Å². The number of nitrogens with one attached hydrogen (secondary N) is 1.